The van der Waals surface area contributed by atoms with E-state index in [0.717, 1.165) is 17.6 Å². The van der Waals surface area contributed by atoms with E-state index in [1.54, 1.807) is 7.11 Å². The second-order valence-corrected chi connectivity index (χ2v) is 8.69. The Labute approximate surface area is 178 Å². The van der Waals surface area contributed by atoms with E-state index < -0.39 is 5.79 Å². The topological polar surface area (TPSA) is 58.4 Å². The first-order chi connectivity index (χ1) is 13.9. The summed E-state index contributed by atoms with van der Waals surface area (Å²) in [5, 5.41) is 1.25. The van der Waals surface area contributed by atoms with Crippen LogP contribution in [0.4, 0.5) is 0 Å². The lowest BCUT2D eigenvalue weighted by atomic mass is 9.95. The van der Waals surface area contributed by atoms with Gasteiger partial charge < -0.3 is 18.8 Å². The van der Waals surface area contributed by atoms with Crippen LogP contribution in [0.25, 0.3) is 11.0 Å². The first-order valence-corrected chi connectivity index (χ1v) is 10.3. The van der Waals surface area contributed by atoms with Gasteiger partial charge in [0.25, 0.3) is 0 Å². The molecule has 1 aromatic carbocycles. The molecule has 2 aliphatic rings. The van der Waals surface area contributed by atoms with E-state index in [0.29, 0.717) is 10.8 Å². The number of nitrogens with zero attached hydrogens (tertiary/aromatic N) is 3. The van der Waals surface area contributed by atoms with E-state index in [-0.39, 0.29) is 29.5 Å². The molecule has 1 saturated carbocycles. The fraction of sp³-hybridized carbons (Fsp3) is 0.429. The monoisotopic (exact) mass is 433 g/mol. The van der Waals surface area contributed by atoms with Gasteiger partial charge in [-0.25, -0.2) is 4.98 Å². The fourth-order valence-electron chi connectivity index (χ4n) is 4.66. The van der Waals surface area contributed by atoms with Crippen molar-refractivity contribution in [2.75, 3.05) is 7.11 Å². The van der Waals surface area contributed by atoms with E-state index >= 15 is 0 Å². The van der Waals surface area contributed by atoms with E-state index in [1.165, 1.54) is 5.56 Å². The molecule has 0 radical (unpaired) electrons. The van der Waals surface area contributed by atoms with Crippen molar-refractivity contribution in [3.8, 4) is 5.75 Å². The molecule has 3 aromatic rings. The molecule has 5 rings (SSSR count). The van der Waals surface area contributed by atoms with Gasteiger partial charge in [0.1, 0.15) is 22.7 Å². The molecule has 3 heterocycles. The molecule has 29 heavy (non-hydrogen) atoms. The number of methoxy groups -OCH3 is 1. The predicted molar refractivity (Wildman–Crippen MR) is 111 cm³/mol. The molecule has 2 fully saturated rings. The van der Waals surface area contributed by atoms with Crippen LogP contribution in [0.5, 0.6) is 5.75 Å². The summed E-state index contributed by atoms with van der Waals surface area (Å²) in [6, 6.07) is 10.1. The third-order valence-electron chi connectivity index (χ3n) is 5.81. The smallest absolute Gasteiger partial charge is 0.225 e. The Morgan fingerprint density at radius 3 is 2.72 bits per heavy atom. The lowest BCUT2D eigenvalue weighted by molar-refractivity contribution is -0.157. The zero-order valence-corrected chi connectivity index (χ0v) is 17.8. The van der Waals surface area contributed by atoms with Crippen molar-refractivity contribution in [3.63, 3.8) is 0 Å². The number of hydrogen-bond donors (Lipinski definition) is 0. The average molecular weight is 434 g/mol. The summed E-state index contributed by atoms with van der Waals surface area (Å²) >= 11 is 12.4. The number of hydrogen-bond acceptors (Lipinski definition) is 5. The first-order valence-electron chi connectivity index (χ1n) is 9.55. The molecule has 1 aliphatic heterocycles. The van der Waals surface area contributed by atoms with Gasteiger partial charge in [0.05, 0.1) is 24.6 Å². The number of aromatic nitrogens is 3. The Kier molecular flexibility index (Phi) is 4.51. The highest BCUT2D eigenvalue weighted by molar-refractivity contribution is 6.35. The van der Waals surface area contributed by atoms with Gasteiger partial charge in [-0.2, -0.15) is 4.98 Å². The van der Waals surface area contributed by atoms with Gasteiger partial charge in [-0.1, -0.05) is 23.7 Å². The van der Waals surface area contributed by atoms with Crippen LogP contribution in [0.15, 0.2) is 36.5 Å². The second-order valence-electron chi connectivity index (χ2n) is 7.99. The van der Waals surface area contributed by atoms with Crippen LogP contribution < -0.4 is 4.74 Å². The Balaban J connectivity index is 1.59. The highest BCUT2D eigenvalue weighted by atomic mass is 35.5. The summed E-state index contributed by atoms with van der Waals surface area (Å²) in [6.07, 6.45) is 2.62. The van der Waals surface area contributed by atoms with Crippen LogP contribution in [0.1, 0.15) is 37.8 Å². The van der Waals surface area contributed by atoms with E-state index in [1.807, 2.05) is 38.2 Å². The minimum absolute atomic E-state index is 0.0255. The zero-order chi connectivity index (χ0) is 20.3. The van der Waals surface area contributed by atoms with Crippen LogP contribution in [-0.4, -0.2) is 39.6 Å². The van der Waals surface area contributed by atoms with E-state index in [2.05, 4.69) is 26.7 Å². The lowest BCUT2D eigenvalue weighted by Crippen LogP contribution is -2.27. The maximum atomic E-state index is 6.34. The summed E-state index contributed by atoms with van der Waals surface area (Å²) < 4.78 is 20.2. The van der Waals surface area contributed by atoms with Crippen LogP contribution >= 0.6 is 23.2 Å². The highest BCUT2D eigenvalue weighted by Gasteiger charge is 2.55. The first kappa shape index (κ1) is 19.1. The lowest BCUT2D eigenvalue weighted by Gasteiger charge is -2.24. The predicted octanol–water partition coefficient (Wildman–Crippen LogP) is 5.00. The van der Waals surface area contributed by atoms with Crippen LogP contribution in [-0.2, 0) is 9.47 Å². The van der Waals surface area contributed by atoms with Gasteiger partial charge in [0.15, 0.2) is 5.79 Å². The minimum Gasteiger partial charge on any atom is -0.497 e. The summed E-state index contributed by atoms with van der Waals surface area (Å²) in [5.41, 5.74) is 1.88. The molecular formula is C21H21Cl2N3O3. The van der Waals surface area contributed by atoms with Crippen molar-refractivity contribution in [2.24, 2.45) is 0 Å². The second kappa shape index (κ2) is 6.84. The Hall–Kier alpha value is -1.86. The average Bonchev–Trinajstić information content (AvgIpc) is 3.32. The van der Waals surface area contributed by atoms with Crippen LogP contribution in [0, 0.1) is 0 Å². The number of halogens is 2. The normalized spacial score (nSPS) is 28.0. The molecule has 0 bridgehead atoms. The van der Waals surface area contributed by atoms with E-state index in [4.69, 9.17) is 37.4 Å². The third kappa shape index (κ3) is 3.19. The van der Waals surface area contributed by atoms with Crippen LogP contribution in [0.2, 0.25) is 10.4 Å². The van der Waals surface area contributed by atoms with E-state index in [9.17, 15) is 0 Å². The molecule has 1 saturated heterocycles. The summed E-state index contributed by atoms with van der Waals surface area (Å²) in [5.74, 6) is 0.337. The SMILES string of the molecule is COc1cccc([C@H]2C[C@@H](n3ccc4c(Cl)nc(Cl)nc43)[C@@H]3OC(C)(C)O[C@@H]32)c1. The third-order valence-corrected chi connectivity index (χ3v) is 6.27. The summed E-state index contributed by atoms with van der Waals surface area (Å²) in [4.78, 5) is 8.48. The molecule has 4 atom stereocenters. The molecule has 0 N–H and O–H groups in total. The highest BCUT2D eigenvalue weighted by Crippen LogP contribution is 2.51. The largest absolute Gasteiger partial charge is 0.497 e. The molecule has 152 valence electrons. The van der Waals surface area contributed by atoms with Gasteiger partial charge in [0, 0.05) is 12.1 Å². The van der Waals surface area contributed by atoms with Crippen molar-refractivity contribution in [1.82, 2.24) is 14.5 Å². The minimum atomic E-state index is -0.654. The Morgan fingerprint density at radius 1 is 1.14 bits per heavy atom. The maximum absolute atomic E-state index is 6.34. The van der Waals surface area contributed by atoms with Crippen molar-refractivity contribution in [1.29, 1.82) is 0 Å². The molecular weight excluding hydrogens is 413 g/mol. The number of rotatable bonds is 3. The van der Waals surface area contributed by atoms with Crippen molar-refractivity contribution < 1.29 is 14.2 Å². The molecule has 2 aromatic heterocycles. The van der Waals surface area contributed by atoms with Crippen molar-refractivity contribution in [2.45, 2.75) is 50.2 Å². The van der Waals surface area contributed by atoms with Crippen molar-refractivity contribution in [3.05, 3.63) is 52.5 Å². The standard InChI is InChI=1S/C21H21Cl2N3O3/c1-21(2)28-16-14(11-5-4-6-12(9-11)27-3)10-15(17(16)29-21)26-8-7-13-18(22)24-20(23)25-19(13)26/h4-9,14-17H,10H2,1-3H3/t14-,15-,16-,17+/m1/s1. The number of fused-ring (bicyclic) bond motifs is 2. The summed E-state index contributed by atoms with van der Waals surface area (Å²) in [7, 11) is 1.68. The summed E-state index contributed by atoms with van der Waals surface area (Å²) in [6.45, 7) is 3.91. The molecule has 6 nitrogen and oxygen atoms in total. The zero-order valence-electron chi connectivity index (χ0n) is 16.3. The quantitative estimate of drug-likeness (QED) is 0.429. The molecule has 0 spiro atoms. The molecule has 8 heteroatoms. The van der Waals surface area contributed by atoms with Gasteiger partial charge in [0.2, 0.25) is 5.28 Å². The van der Waals surface area contributed by atoms with Crippen LogP contribution in [0.3, 0.4) is 0 Å². The van der Waals surface area contributed by atoms with Gasteiger partial charge >= 0.3 is 0 Å². The fourth-order valence-corrected chi connectivity index (χ4v) is 5.10. The van der Waals surface area contributed by atoms with Gasteiger partial charge in [-0.15, -0.1) is 0 Å². The maximum Gasteiger partial charge on any atom is 0.225 e. The molecule has 0 amide bonds. The van der Waals surface area contributed by atoms with Gasteiger partial charge in [-0.05, 0) is 55.6 Å². The molecule has 1 aliphatic carbocycles. The molecule has 0 unspecified atom stereocenters. The van der Waals surface area contributed by atoms with Crippen molar-refractivity contribution >= 4 is 34.2 Å². The Morgan fingerprint density at radius 2 is 1.93 bits per heavy atom. The number of benzene rings is 1. The Bertz CT molecular complexity index is 1080. The number of ether oxygens (including phenoxy) is 3. The van der Waals surface area contributed by atoms with Gasteiger partial charge in [-0.3, -0.25) is 0 Å².